The lowest BCUT2D eigenvalue weighted by atomic mass is 10.1. The molecule has 0 aliphatic heterocycles. The van der Waals surface area contributed by atoms with Crippen molar-refractivity contribution in [2.45, 2.75) is 11.9 Å². The fourth-order valence-corrected chi connectivity index (χ4v) is 1.65. The second-order valence-electron chi connectivity index (χ2n) is 3.52. The first-order valence-corrected chi connectivity index (χ1v) is 6.26. The van der Waals surface area contributed by atoms with Crippen LogP contribution in [0.15, 0.2) is 39.9 Å². The van der Waals surface area contributed by atoms with Gasteiger partial charge in [0.2, 0.25) is 0 Å². The van der Waals surface area contributed by atoms with E-state index in [0.29, 0.717) is 0 Å². The third kappa shape index (κ3) is 2.76. The SMILES string of the molecule is CSc1cc(/C=C/c2ccc(C)cc2)on1. The van der Waals surface area contributed by atoms with Gasteiger partial charge in [0.05, 0.1) is 0 Å². The molecule has 2 nitrogen and oxygen atoms in total. The molecule has 2 rings (SSSR count). The molecule has 0 N–H and O–H groups in total. The summed E-state index contributed by atoms with van der Waals surface area (Å²) >= 11 is 1.57. The van der Waals surface area contributed by atoms with Crippen LogP contribution in [-0.4, -0.2) is 11.4 Å². The maximum atomic E-state index is 5.14. The molecular weight excluding hydrogens is 218 g/mol. The summed E-state index contributed by atoms with van der Waals surface area (Å²) in [7, 11) is 0. The van der Waals surface area contributed by atoms with Gasteiger partial charge in [-0.05, 0) is 24.8 Å². The van der Waals surface area contributed by atoms with Gasteiger partial charge >= 0.3 is 0 Å². The summed E-state index contributed by atoms with van der Waals surface area (Å²) in [4.78, 5) is 0. The summed E-state index contributed by atoms with van der Waals surface area (Å²) in [6, 6.07) is 10.3. The Morgan fingerprint density at radius 2 is 1.94 bits per heavy atom. The highest BCUT2D eigenvalue weighted by molar-refractivity contribution is 7.98. The zero-order valence-electron chi connectivity index (χ0n) is 9.31. The van der Waals surface area contributed by atoms with E-state index in [1.807, 2.05) is 24.5 Å². The van der Waals surface area contributed by atoms with Crippen molar-refractivity contribution in [3.05, 3.63) is 47.2 Å². The topological polar surface area (TPSA) is 26.0 Å². The van der Waals surface area contributed by atoms with Crippen molar-refractivity contribution in [3.8, 4) is 0 Å². The molecule has 3 heteroatoms. The minimum Gasteiger partial charge on any atom is -0.356 e. The predicted molar refractivity (Wildman–Crippen MR) is 68.4 cm³/mol. The zero-order valence-corrected chi connectivity index (χ0v) is 10.1. The van der Waals surface area contributed by atoms with Crippen LogP contribution in [0.3, 0.4) is 0 Å². The Hall–Kier alpha value is -1.48. The summed E-state index contributed by atoms with van der Waals surface area (Å²) in [5.41, 5.74) is 2.43. The molecule has 16 heavy (non-hydrogen) atoms. The summed E-state index contributed by atoms with van der Waals surface area (Å²) < 4.78 is 5.14. The molecule has 1 aromatic heterocycles. The molecule has 0 aliphatic rings. The monoisotopic (exact) mass is 231 g/mol. The van der Waals surface area contributed by atoms with E-state index in [1.54, 1.807) is 11.8 Å². The zero-order chi connectivity index (χ0) is 11.4. The van der Waals surface area contributed by atoms with Gasteiger partial charge in [0, 0.05) is 6.07 Å². The van der Waals surface area contributed by atoms with E-state index in [2.05, 4.69) is 36.3 Å². The van der Waals surface area contributed by atoms with Gasteiger partial charge in [0.1, 0.15) is 5.03 Å². The van der Waals surface area contributed by atoms with Crippen LogP contribution < -0.4 is 0 Å². The first-order valence-electron chi connectivity index (χ1n) is 5.03. The second-order valence-corrected chi connectivity index (χ2v) is 4.34. The largest absolute Gasteiger partial charge is 0.356 e. The molecule has 82 valence electrons. The summed E-state index contributed by atoms with van der Waals surface area (Å²) in [5.74, 6) is 0.782. The maximum Gasteiger partial charge on any atom is 0.160 e. The highest BCUT2D eigenvalue weighted by Gasteiger charge is 1.98. The van der Waals surface area contributed by atoms with Crippen molar-refractivity contribution in [1.82, 2.24) is 5.16 Å². The second kappa shape index (κ2) is 5.03. The average Bonchev–Trinajstić information content (AvgIpc) is 2.76. The van der Waals surface area contributed by atoms with Crippen LogP contribution in [0.4, 0.5) is 0 Å². The van der Waals surface area contributed by atoms with Crippen LogP contribution in [0, 0.1) is 6.92 Å². The molecule has 0 spiro atoms. The Labute approximate surface area is 99.3 Å². The van der Waals surface area contributed by atoms with Crippen molar-refractivity contribution in [3.63, 3.8) is 0 Å². The van der Waals surface area contributed by atoms with Crippen molar-refractivity contribution >= 4 is 23.9 Å². The van der Waals surface area contributed by atoms with Crippen LogP contribution >= 0.6 is 11.8 Å². The van der Waals surface area contributed by atoms with Crippen LogP contribution in [0.1, 0.15) is 16.9 Å². The first-order chi connectivity index (χ1) is 7.78. The van der Waals surface area contributed by atoms with Crippen LogP contribution in [0.2, 0.25) is 0 Å². The van der Waals surface area contributed by atoms with Gasteiger partial charge in [-0.1, -0.05) is 41.1 Å². The number of aryl methyl sites for hydroxylation is 1. The predicted octanol–water partition coefficient (Wildman–Crippen LogP) is 3.88. The molecule has 0 saturated carbocycles. The van der Waals surface area contributed by atoms with E-state index in [9.17, 15) is 0 Å². The van der Waals surface area contributed by atoms with E-state index in [1.165, 1.54) is 5.56 Å². The van der Waals surface area contributed by atoms with E-state index in [0.717, 1.165) is 16.3 Å². The van der Waals surface area contributed by atoms with Crippen LogP contribution in [0.25, 0.3) is 12.2 Å². The van der Waals surface area contributed by atoms with Crippen LogP contribution in [-0.2, 0) is 0 Å². The number of thioether (sulfide) groups is 1. The number of rotatable bonds is 3. The number of aromatic nitrogens is 1. The Balaban J connectivity index is 2.11. The lowest BCUT2D eigenvalue weighted by Gasteiger charge is -1.93. The van der Waals surface area contributed by atoms with E-state index < -0.39 is 0 Å². The first kappa shape index (κ1) is 11.0. The van der Waals surface area contributed by atoms with Gasteiger partial charge in [-0.2, -0.15) is 0 Å². The third-order valence-electron chi connectivity index (χ3n) is 2.23. The molecule has 1 heterocycles. The van der Waals surface area contributed by atoms with Crippen molar-refractivity contribution in [2.24, 2.45) is 0 Å². The fraction of sp³-hybridized carbons (Fsp3) is 0.154. The number of benzene rings is 1. The highest BCUT2D eigenvalue weighted by atomic mass is 32.2. The Bertz CT molecular complexity index is 485. The summed E-state index contributed by atoms with van der Waals surface area (Å²) in [6.07, 6.45) is 5.92. The highest BCUT2D eigenvalue weighted by Crippen LogP contribution is 2.16. The standard InChI is InChI=1S/C13H13NOS/c1-10-3-5-11(6-4-10)7-8-12-9-13(16-2)14-15-12/h3-9H,1-2H3/b8-7+. The molecule has 1 aromatic carbocycles. The normalized spacial score (nSPS) is 11.1. The molecular formula is C13H13NOS. The fourth-order valence-electron chi connectivity index (χ4n) is 1.30. The molecule has 0 saturated heterocycles. The number of nitrogens with zero attached hydrogens (tertiary/aromatic N) is 1. The van der Waals surface area contributed by atoms with Crippen molar-refractivity contribution in [2.75, 3.05) is 6.26 Å². The molecule has 0 bridgehead atoms. The van der Waals surface area contributed by atoms with Gasteiger partial charge in [-0.15, -0.1) is 11.8 Å². The van der Waals surface area contributed by atoms with Crippen molar-refractivity contribution < 1.29 is 4.52 Å². The Kier molecular flexibility index (Phi) is 3.47. The van der Waals surface area contributed by atoms with Crippen LogP contribution in [0.5, 0.6) is 0 Å². The minimum atomic E-state index is 0.782. The molecule has 0 unspecified atom stereocenters. The van der Waals surface area contributed by atoms with Gasteiger partial charge in [-0.25, -0.2) is 0 Å². The molecule has 0 amide bonds. The molecule has 0 radical (unpaired) electrons. The Morgan fingerprint density at radius 1 is 1.19 bits per heavy atom. The van der Waals surface area contributed by atoms with Gasteiger partial charge in [-0.3, -0.25) is 0 Å². The van der Waals surface area contributed by atoms with Crippen molar-refractivity contribution in [1.29, 1.82) is 0 Å². The van der Waals surface area contributed by atoms with Gasteiger partial charge in [0.15, 0.2) is 5.76 Å². The molecule has 0 atom stereocenters. The van der Waals surface area contributed by atoms with Gasteiger partial charge in [0.25, 0.3) is 0 Å². The lowest BCUT2D eigenvalue weighted by molar-refractivity contribution is 0.398. The average molecular weight is 231 g/mol. The summed E-state index contributed by atoms with van der Waals surface area (Å²) in [5, 5.41) is 4.80. The van der Waals surface area contributed by atoms with E-state index in [4.69, 9.17) is 4.52 Å². The third-order valence-corrected chi connectivity index (χ3v) is 2.84. The molecule has 2 aromatic rings. The molecule has 0 fully saturated rings. The van der Waals surface area contributed by atoms with Gasteiger partial charge < -0.3 is 4.52 Å². The lowest BCUT2D eigenvalue weighted by Crippen LogP contribution is -1.73. The van der Waals surface area contributed by atoms with E-state index >= 15 is 0 Å². The van der Waals surface area contributed by atoms with E-state index in [-0.39, 0.29) is 0 Å². The molecule has 0 aliphatic carbocycles. The maximum absolute atomic E-state index is 5.14. The Morgan fingerprint density at radius 3 is 2.56 bits per heavy atom. The number of hydrogen-bond acceptors (Lipinski definition) is 3. The quantitative estimate of drug-likeness (QED) is 0.750. The number of hydrogen-bond donors (Lipinski definition) is 0. The summed E-state index contributed by atoms with van der Waals surface area (Å²) in [6.45, 7) is 2.08. The minimum absolute atomic E-state index is 0.782. The smallest absolute Gasteiger partial charge is 0.160 e.